The Morgan fingerprint density at radius 2 is 2.13 bits per heavy atom. The number of fused-ring (bicyclic) bond motifs is 3. The van der Waals surface area contributed by atoms with Crippen LogP contribution >= 0.6 is 11.3 Å². The SMILES string of the molecule is CN(CC(C)(C)C)C(=O)c1cn2c(nc3cc(CN)ccc32)s1. The van der Waals surface area contributed by atoms with E-state index in [0.717, 1.165) is 21.6 Å². The highest BCUT2D eigenvalue weighted by atomic mass is 32.1. The van der Waals surface area contributed by atoms with Gasteiger partial charge in [0.25, 0.3) is 5.91 Å². The predicted octanol–water partition coefficient (Wildman–Crippen LogP) is 3.13. The molecule has 0 aliphatic heterocycles. The number of nitrogens with zero attached hydrogens (tertiary/aromatic N) is 3. The molecule has 2 N–H and O–H groups in total. The molecule has 1 amide bonds. The van der Waals surface area contributed by atoms with Crippen molar-refractivity contribution in [1.29, 1.82) is 0 Å². The average molecular weight is 330 g/mol. The van der Waals surface area contributed by atoms with Crippen molar-refractivity contribution in [2.45, 2.75) is 27.3 Å². The second kappa shape index (κ2) is 5.62. The number of amides is 1. The molecule has 5 nitrogen and oxygen atoms in total. The molecule has 0 spiro atoms. The number of nitrogens with two attached hydrogens (primary N) is 1. The standard InChI is InChI=1S/C17H22N4OS/c1-17(2,3)10-20(4)15(22)14-9-21-13-6-5-11(8-18)7-12(13)19-16(21)23-14/h5-7,9H,8,10,18H2,1-4H3. The minimum atomic E-state index is 0.0437. The van der Waals surface area contributed by atoms with E-state index in [9.17, 15) is 4.79 Å². The van der Waals surface area contributed by atoms with Crippen molar-refractivity contribution in [2.75, 3.05) is 13.6 Å². The van der Waals surface area contributed by atoms with Gasteiger partial charge in [0.1, 0.15) is 4.88 Å². The van der Waals surface area contributed by atoms with Gasteiger partial charge in [-0.1, -0.05) is 38.2 Å². The molecule has 0 bridgehead atoms. The van der Waals surface area contributed by atoms with E-state index in [0.29, 0.717) is 18.0 Å². The van der Waals surface area contributed by atoms with Crippen molar-refractivity contribution in [3.05, 3.63) is 34.8 Å². The van der Waals surface area contributed by atoms with Crippen LogP contribution in [0.3, 0.4) is 0 Å². The van der Waals surface area contributed by atoms with E-state index < -0.39 is 0 Å². The van der Waals surface area contributed by atoms with Crippen molar-refractivity contribution in [3.8, 4) is 0 Å². The van der Waals surface area contributed by atoms with Crippen LogP contribution in [0, 0.1) is 5.41 Å². The second-order valence-corrected chi connectivity index (χ2v) is 8.12. The van der Waals surface area contributed by atoms with Gasteiger partial charge in [-0.25, -0.2) is 4.98 Å². The molecule has 0 aliphatic rings. The fourth-order valence-electron chi connectivity index (χ4n) is 2.76. The van der Waals surface area contributed by atoms with Gasteiger partial charge in [0.15, 0.2) is 4.96 Å². The third-order valence-corrected chi connectivity index (χ3v) is 4.64. The average Bonchev–Trinajstić information content (AvgIpc) is 3.01. The summed E-state index contributed by atoms with van der Waals surface area (Å²) in [5.74, 6) is 0.0437. The molecule has 0 saturated heterocycles. The Labute approximate surface area is 139 Å². The normalized spacial score (nSPS) is 12.2. The number of benzene rings is 1. The largest absolute Gasteiger partial charge is 0.340 e. The Hall–Kier alpha value is -1.92. The molecule has 122 valence electrons. The highest BCUT2D eigenvalue weighted by Gasteiger charge is 2.21. The van der Waals surface area contributed by atoms with Gasteiger partial charge in [-0.05, 0) is 23.1 Å². The van der Waals surface area contributed by atoms with Crippen molar-refractivity contribution in [1.82, 2.24) is 14.3 Å². The molecule has 0 aliphatic carbocycles. The van der Waals surface area contributed by atoms with E-state index in [-0.39, 0.29) is 11.3 Å². The first-order chi connectivity index (χ1) is 10.8. The number of aromatic nitrogens is 2. The zero-order valence-corrected chi connectivity index (χ0v) is 14.8. The van der Waals surface area contributed by atoms with Crippen molar-refractivity contribution < 1.29 is 4.79 Å². The highest BCUT2D eigenvalue weighted by Crippen LogP contribution is 2.26. The first kappa shape index (κ1) is 16.0. The zero-order chi connectivity index (χ0) is 16.8. The fraction of sp³-hybridized carbons (Fsp3) is 0.412. The quantitative estimate of drug-likeness (QED) is 0.802. The van der Waals surface area contributed by atoms with E-state index >= 15 is 0 Å². The summed E-state index contributed by atoms with van der Waals surface area (Å²) in [6, 6.07) is 6.01. The van der Waals surface area contributed by atoms with Gasteiger partial charge < -0.3 is 10.6 Å². The van der Waals surface area contributed by atoms with Crippen LogP contribution in [-0.4, -0.2) is 33.8 Å². The maximum Gasteiger partial charge on any atom is 0.265 e. The number of hydrogen-bond acceptors (Lipinski definition) is 4. The molecular weight excluding hydrogens is 308 g/mol. The number of imidazole rings is 1. The molecule has 1 aromatic carbocycles. The first-order valence-electron chi connectivity index (χ1n) is 7.64. The number of hydrogen-bond donors (Lipinski definition) is 1. The van der Waals surface area contributed by atoms with Crippen molar-refractivity contribution >= 4 is 33.2 Å². The zero-order valence-electron chi connectivity index (χ0n) is 14.0. The van der Waals surface area contributed by atoms with Crippen LogP contribution in [-0.2, 0) is 6.54 Å². The molecule has 0 radical (unpaired) electrons. The van der Waals surface area contributed by atoms with Crippen LogP contribution in [0.4, 0.5) is 0 Å². The molecule has 6 heteroatoms. The van der Waals surface area contributed by atoms with Gasteiger partial charge >= 0.3 is 0 Å². The van der Waals surface area contributed by atoms with Gasteiger partial charge in [-0.15, -0.1) is 0 Å². The number of carbonyl (C=O) groups excluding carboxylic acids is 1. The molecule has 2 aromatic heterocycles. The topological polar surface area (TPSA) is 63.6 Å². The molecular formula is C17H22N4OS. The first-order valence-corrected chi connectivity index (χ1v) is 8.46. The lowest BCUT2D eigenvalue weighted by molar-refractivity contribution is 0.0750. The van der Waals surface area contributed by atoms with Crippen LogP contribution in [0.25, 0.3) is 16.0 Å². The third kappa shape index (κ3) is 3.09. The number of rotatable bonds is 3. The van der Waals surface area contributed by atoms with Crippen molar-refractivity contribution in [2.24, 2.45) is 11.1 Å². The fourth-order valence-corrected chi connectivity index (χ4v) is 3.75. The third-order valence-electron chi connectivity index (χ3n) is 3.67. The van der Waals surface area contributed by atoms with Crippen LogP contribution in [0.5, 0.6) is 0 Å². The Kier molecular flexibility index (Phi) is 3.90. The molecule has 23 heavy (non-hydrogen) atoms. The van der Waals surface area contributed by atoms with Gasteiger partial charge in [-0.2, -0.15) is 0 Å². The van der Waals surface area contributed by atoms with Crippen LogP contribution in [0.2, 0.25) is 0 Å². The number of thiazole rings is 1. The van der Waals surface area contributed by atoms with E-state index in [1.54, 1.807) is 4.90 Å². The Morgan fingerprint density at radius 3 is 2.78 bits per heavy atom. The summed E-state index contributed by atoms with van der Waals surface area (Å²) in [6.07, 6.45) is 1.89. The molecule has 2 heterocycles. The van der Waals surface area contributed by atoms with Crippen LogP contribution < -0.4 is 5.73 Å². The summed E-state index contributed by atoms with van der Waals surface area (Å²) in [5, 5.41) is 0. The van der Waals surface area contributed by atoms with Gasteiger partial charge in [0.2, 0.25) is 0 Å². The molecule has 0 atom stereocenters. The van der Waals surface area contributed by atoms with Gasteiger partial charge in [0.05, 0.1) is 11.0 Å². The number of carbonyl (C=O) groups is 1. The molecule has 0 saturated carbocycles. The van der Waals surface area contributed by atoms with Crippen molar-refractivity contribution in [3.63, 3.8) is 0 Å². The summed E-state index contributed by atoms with van der Waals surface area (Å²) in [6.45, 7) is 7.59. The predicted molar refractivity (Wildman–Crippen MR) is 94.9 cm³/mol. The summed E-state index contributed by atoms with van der Waals surface area (Å²) < 4.78 is 1.98. The lowest BCUT2D eigenvalue weighted by Gasteiger charge is -2.26. The summed E-state index contributed by atoms with van der Waals surface area (Å²) in [7, 11) is 1.85. The Morgan fingerprint density at radius 1 is 1.39 bits per heavy atom. The minimum Gasteiger partial charge on any atom is -0.340 e. The summed E-state index contributed by atoms with van der Waals surface area (Å²) in [4.78, 5) is 20.5. The second-order valence-electron chi connectivity index (χ2n) is 7.11. The smallest absolute Gasteiger partial charge is 0.265 e. The maximum atomic E-state index is 12.6. The lowest BCUT2D eigenvalue weighted by atomic mass is 9.96. The van der Waals surface area contributed by atoms with Gasteiger partial charge in [0, 0.05) is 26.3 Å². The Bertz CT molecular complexity index is 872. The maximum absolute atomic E-state index is 12.6. The Balaban J connectivity index is 1.96. The summed E-state index contributed by atoms with van der Waals surface area (Å²) in [5.41, 5.74) is 8.74. The van der Waals surface area contributed by atoms with Gasteiger partial charge in [-0.3, -0.25) is 9.20 Å². The van der Waals surface area contributed by atoms with E-state index in [4.69, 9.17) is 5.73 Å². The molecule has 3 rings (SSSR count). The van der Waals surface area contributed by atoms with E-state index in [1.165, 1.54) is 11.3 Å². The lowest BCUT2D eigenvalue weighted by Crippen LogP contribution is -2.34. The highest BCUT2D eigenvalue weighted by molar-refractivity contribution is 7.18. The molecule has 0 fully saturated rings. The molecule has 3 aromatic rings. The van der Waals surface area contributed by atoms with E-state index in [2.05, 4.69) is 25.8 Å². The van der Waals surface area contributed by atoms with Crippen LogP contribution in [0.15, 0.2) is 24.4 Å². The minimum absolute atomic E-state index is 0.0437. The monoisotopic (exact) mass is 330 g/mol. The van der Waals surface area contributed by atoms with E-state index in [1.807, 2.05) is 35.8 Å². The summed E-state index contributed by atoms with van der Waals surface area (Å²) >= 11 is 1.43. The van der Waals surface area contributed by atoms with Crippen LogP contribution in [0.1, 0.15) is 36.0 Å². The molecule has 0 unspecified atom stereocenters.